The van der Waals surface area contributed by atoms with Gasteiger partial charge in [-0.15, -0.1) is 0 Å². The van der Waals surface area contributed by atoms with Crippen LogP contribution < -0.4 is 4.90 Å². The van der Waals surface area contributed by atoms with Gasteiger partial charge in [0, 0.05) is 49.4 Å². The van der Waals surface area contributed by atoms with Crippen molar-refractivity contribution in [3.05, 3.63) is 77.2 Å². The molecule has 0 saturated carbocycles. The Labute approximate surface area is 195 Å². The number of anilines is 1. The molecule has 1 saturated heterocycles. The highest BCUT2D eigenvalue weighted by molar-refractivity contribution is 7.89. The predicted molar refractivity (Wildman–Crippen MR) is 129 cm³/mol. The molecule has 4 rings (SSSR count). The van der Waals surface area contributed by atoms with Crippen LogP contribution in [0.15, 0.2) is 54.6 Å². The monoisotopic (exact) mass is 468 g/mol. The molecule has 0 unspecified atom stereocenters. The maximum Gasteiger partial charge on any atom is 0.213 e. The minimum atomic E-state index is -3.23. The normalized spacial score (nSPS) is 15.1. The Kier molecular flexibility index (Phi) is 7.05. The van der Waals surface area contributed by atoms with Crippen LogP contribution in [0.25, 0.3) is 11.4 Å². The lowest BCUT2D eigenvalue weighted by molar-refractivity contribution is 0.384. The van der Waals surface area contributed by atoms with Gasteiger partial charge in [-0.2, -0.15) is 4.31 Å². The standard InChI is InChI=1S/C25H29FN4O2S/c1-3-23-21(18-20-12-8-9-13-22(20)26)25(28-24(27-23)19-10-6-5-7-11-19)29-14-16-30(17-15-29)33(31,32)4-2/h5-13H,3-4,14-18H2,1-2H3. The van der Waals surface area contributed by atoms with Gasteiger partial charge in [0.1, 0.15) is 11.6 Å². The molecule has 1 fully saturated rings. The molecule has 1 aliphatic rings. The lowest BCUT2D eigenvalue weighted by atomic mass is 10.0. The summed E-state index contributed by atoms with van der Waals surface area (Å²) < 4.78 is 40.7. The topological polar surface area (TPSA) is 66.4 Å². The first-order valence-electron chi connectivity index (χ1n) is 11.3. The fourth-order valence-electron chi connectivity index (χ4n) is 4.16. The zero-order valence-electron chi connectivity index (χ0n) is 19.0. The molecule has 8 heteroatoms. The summed E-state index contributed by atoms with van der Waals surface area (Å²) >= 11 is 0. The van der Waals surface area contributed by atoms with Crippen molar-refractivity contribution in [2.24, 2.45) is 0 Å². The van der Waals surface area contributed by atoms with E-state index in [0.717, 1.165) is 22.6 Å². The SMILES string of the molecule is CCc1nc(-c2ccccc2)nc(N2CCN(S(=O)(=O)CC)CC2)c1Cc1ccccc1F. The summed E-state index contributed by atoms with van der Waals surface area (Å²) in [5, 5.41) is 0. The van der Waals surface area contributed by atoms with E-state index in [9.17, 15) is 12.8 Å². The van der Waals surface area contributed by atoms with Crippen molar-refractivity contribution in [3.63, 3.8) is 0 Å². The molecule has 0 amide bonds. The molecule has 0 radical (unpaired) electrons. The molecule has 2 heterocycles. The molecular formula is C25H29FN4O2S. The highest BCUT2D eigenvalue weighted by Gasteiger charge is 2.28. The first-order chi connectivity index (χ1) is 15.9. The van der Waals surface area contributed by atoms with E-state index < -0.39 is 10.0 Å². The Hall–Kier alpha value is -2.84. The average Bonchev–Trinajstić information content (AvgIpc) is 2.86. The summed E-state index contributed by atoms with van der Waals surface area (Å²) in [6.07, 6.45) is 1.07. The van der Waals surface area contributed by atoms with E-state index in [4.69, 9.17) is 9.97 Å². The summed E-state index contributed by atoms with van der Waals surface area (Å²) in [5.41, 5.74) is 3.29. The summed E-state index contributed by atoms with van der Waals surface area (Å²) in [7, 11) is -3.23. The number of hydrogen-bond donors (Lipinski definition) is 0. The van der Waals surface area contributed by atoms with Crippen LogP contribution in [0.5, 0.6) is 0 Å². The van der Waals surface area contributed by atoms with E-state index in [1.807, 2.05) is 43.3 Å². The number of halogens is 1. The molecule has 33 heavy (non-hydrogen) atoms. The number of rotatable bonds is 7. The van der Waals surface area contributed by atoms with Gasteiger partial charge in [0.15, 0.2) is 5.82 Å². The Bertz CT molecular complexity index is 1210. The number of hydrogen-bond acceptors (Lipinski definition) is 5. The second kappa shape index (κ2) is 9.97. The molecule has 1 aromatic heterocycles. The summed E-state index contributed by atoms with van der Waals surface area (Å²) in [5.74, 6) is 1.23. The zero-order chi connectivity index (χ0) is 23.4. The zero-order valence-corrected chi connectivity index (χ0v) is 19.9. The number of piperazine rings is 1. The van der Waals surface area contributed by atoms with Crippen molar-refractivity contribution in [2.75, 3.05) is 36.8 Å². The maximum absolute atomic E-state index is 14.5. The third kappa shape index (κ3) is 5.07. The Morgan fingerprint density at radius 1 is 0.909 bits per heavy atom. The van der Waals surface area contributed by atoms with Gasteiger partial charge in [0.2, 0.25) is 10.0 Å². The third-order valence-corrected chi connectivity index (χ3v) is 7.94. The highest BCUT2D eigenvalue weighted by atomic mass is 32.2. The van der Waals surface area contributed by atoms with Gasteiger partial charge < -0.3 is 4.90 Å². The fourth-order valence-corrected chi connectivity index (χ4v) is 5.25. The summed E-state index contributed by atoms with van der Waals surface area (Å²) in [4.78, 5) is 11.9. The summed E-state index contributed by atoms with van der Waals surface area (Å²) in [6, 6.07) is 16.6. The first kappa shape index (κ1) is 23.3. The Morgan fingerprint density at radius 3 is 2.21 bits per heavy atom. The van der Waals surface area contributed by atoms with Gasteiger partial charge in [-0.3, -0.25) is 0 Å². The quantitative estimate of drug-likeness (QED) is 0.526. The Balaban J connectivity index is 1.76. The molecular weight excluding hydrogens is 439 g/mol. The highest BCUT2D eigenvalue weighted by Crippen LogP contribution is 2.29. The van der Waals surface area contributed by atoms with E-state index in [2.05, 4.69) is 4.90 Å². The van der Waals surface area contributed by atoms with E-state index in [1.165, 1.54) is 6.07 Å². The lowest BCUT2D eigenvalue weighted by Gasteiger charge is -2.36. The van der Waals surface area contributed by atoms with Gasteiger partial charge in [0.05, 0.1) is 5.75 Å². The van der Waals surface area contributed by atoms with Crippen molar-refractivity contribution in [1.29, 1.82) is 0 Å². The molecule has 0 spiro atoms. The minimum Gasteiger partial charge on any atom is -0.354 e. The van der Waals surface area contributed by atoms with Crippen molar-refractivity contribution in [2.45, 2.75) is 26.7 Å². The lowest BCUT2D eigenvalue weighted by Crippen LogP contribution is -2.49. The number of aryl methyl sites for hydroxylation is 1. The minimum absolute atomic E-state index is 0.0944. The molecule has 2 aromatic carbocycles. The molecule has 0 N–H and O–H groups in total. The van der Waals surface area contributed by atoms with Crippen LogP contribution in [-0.2, 0) is 22.9 Å². The summed E-state index contributed by atoms with van der Waals surface area (Å²) in [6.45, 7) is 5.56. The van der Waals surface area contributed by atoms with Crippen molar-refractivity contribution < 1.29 is 12.8 Å². The van der Waals surface area contributed by atoms with Gasteiger partial charge in [-0.1, -0.05) is 55.5 Å². The Morgan fingerprint density at radius 2 is 1.58 bits per heavy atom. The second-order valence-corrected chi connectivity index (χ2v) is 10.3. The first-order valence-corrected chi connectivity index (χ1v) is 12.9. The van der Waals surface area contributed by atoms with E-state index in [-0.39, 0.29) is 11.6 Å². The predicted octanol–water partition coefficient (Wildman–Crippen LogP) is 3.91. The van der Waals surface area contributed by atoms with Crippen LogP contribution in [0, 0.1) is 5.82 Å². The average molecular weight is 469 g/mol. The molecule has 6 nitrogen and oxygen atoms in total. The van der Waals surface area contributed by atoms with Crippen LogP contribution in [0.3, 0.4) is 0 Å². The van der Waals surface area contributed by atoms with Gasteiger partial charge in [0.25, 0.3) is 0 Å². The number of sulfonamides is 1. The van der Waals surface area contributed by atoms with Crippen molar-refractivity contribution in [1.82, 2.24) is 14.3 Å². The van der Waals surface area contributed by atoms with Crippen molar-refractivity contribution >= 4 is 15.8 Å². The maximum atomic E-state index is 14.5. The molecule has 0 bridgehead atoms. The molecule has 3 aromatic rings. The van der Waals surface area contributed by atoms with Gasteiger partial charge in [-0.05, 0) is 25.0 Å². The van der Waals surface area contributed by atoms with E-state index in [1.54, 1.807) is 23.4 Å². The number of aromatic nitrogens is 2. The molecule has 0 aliphatic carbocycles. The number of benzene rings is 2. The molecule has 0 atom stereocenters. The largest absolute Gasteiger partial charge is 0.354 e. The molecule has 1 aliphatic heterocycles. The van der Waals surface area contributed by atoms with E-state index in [0.29, 0.717) is 50.4 Å². The second-order valence-electron chi connectivity index (χ2n) is 8.07. The fraction of sp³-hybridized carbons (Fsp3) is 0.360. The molecule has 174 valence electrons. The van der Waals surface area contributed by atoms with Crippen molar-refractivity contribution in [3.8, 4) is 11.4 Å². The van der Waals surface area contributed by atoms with E-state index >= 15 is 0 Å². The van der Waals surface area contributed by atoms with Crippen LogP contribution in [0.2, 0.25) is 0 Å². The van der Waals surface area contributed by atoms with Crippen LogP contribution in [0.4, 0.5) is 10.2 Å². The van der Waals surface area contributed by atoms with Crippen LogP contribution in [-0.4, -0.2) is 54.6 Å². The third-order valence-electron chi connectivity index (χ3n) is 6.06. The van der Waals surface area contributed by atoms with Gasteiger partial charge in [-0.25, -0.2) is 22.8 Å². The van der Waals surface area contributed by atoms with Crippen LogP contribution in [0.1, 0.15) is 30.7 Å². The van der Waals surface area contributed by atoms with Gasteiger partial charge >= 0.3 is 0 Å². The smallest absolute Gasteiger partial charge is 0.213 e. The number of nitrogens with zero attached hydrogens (tertiary/aromatic N) is 4. The van der Waals surface area contributed by atoms with Crippen LogP contribution >= 0.6 is 0 Å².